The zero-order chi connectivity index (χ0) is 12.2. The summed E-state index contributed by atoms with van der Waals surface area (Å²) in [6.45, 7) is 6.96. The Hall–Kier alpha value is -0.610. The first-order chi connectivity index (χ1) is 7.45. The van der Waals surface area contributed by atoms with Gasteiger partial charge in [-0.25, -0.2) is 0 Å². The van der Waals surface area contributed by atoms with Crippen LogP contribution in [0.25, 0.3) is 0 Å². The van der Waals surface area contributed by atoms with E-state index < -0.39 is 5.54 Å². The Morgan fingerprint density at radius 2 is 2.31 bits per heavy atom. The molecule has 4 heteroatoms. The number of carbonyl (C=O) groups is 1. The fraction of sp³-hybridized carbons (Fsp3) is 0.917. The van der Waals surface area contributed by atoms with Gasteiger partial charge in [-0.15, -0.1) is 0 Å². The number of nitrogens with one attached hydrogen (secondary N) is 2. The maximum absolute atomic E-state index is 11.5. The van der Waals surface area contributed by atoms with Gasteiger partial charge in [-0.1, -0.05) is 0 Å². The van der Waals surface area contributed by atoms with Crippen LogP contribution >= 0.6 is 0 Å². The lowest BCUT2D eigenvalue weighted by Crippen LogP contribution is -2.52. The number of hydrogen-bond donors (Lipinski definition) is 2. The Morgan fingerprint density at radius 1 is 1.62 bits per heavy atom. The zero-order valence-corrected chi connectivity index (χ0v) is 10.8. The predicted octanol–water partition coefficient (Wildman–Crippen LogP) is 1.06. The molecule has 2 atom stereocenters. The average Bonchev–Trinajstić information content (AvgIpc) is 2.67. The average molecular weight is 228 g/mol. The molecule has 16 heavy (non-hydrogen) atoms. The van der Waals surface area contributed by atoms with Crippen molar-refractivity contribution in [3.8, 4) is 0 Å². The van der Waals surface area contributed by atoms with E-state index in [2.05, 4.69) is 17.6 Å². The topological polar surface area (TPSA) is 50.4 Å². The standard InChI is InChI=1S/C12H24N2O2/c1-9(8-10-6-5-7-13-10)14-12(2,3)11(15)16-4/h9-10,13-14H,5-8H2,1-4H3. The molecular weight excluding hydrogens is 204 g/mol. The van der Waals surface area contributed by atoms with E-state index in [0.717, 1.165) is 13.0 Å². The Labute approximate surface area is 98.1 Å². The maximum Gasteiger partial charge on any atom is 0.325 e. The second-order valence-electron chi connectivity index (χ2n) is 5.19. The van der Waals surface area contributed by atoms with Crippen molar-refractivity contribution in [1.82, 2.24) is 10.6 Å². The van der Waals surface area contributed by atoms with Crippen molar-refractivity contribution in [2.75, 3.05) is 13.7 Å². The monoisotopic (exact) mass is 228 g/mol. The summed E-state index contributed by atoms with van der Waals surface area (Å²) in [7, 11) is 1.43. The van der Waals surface area contributed by atoms with Gasteiger partial charge >= 0.3 is 5.97 Å². The van der Waals surface area contributed by atoms with Gasteiger partial charge in [0.15, 0.2) is 0 Å². The third kappa shape index (κ3) is 3.76. The van der Waals surface area contributed by atoms with Crippen LogP contribution in [0.1, 0.15) is 40.0 Å². The number of rotatable bonds is 5. The van der Waals surface area contributed by atoms with E-state index in [9.17, 15) is 4.79 Å². The van der Waals surface area contributed by atoms with Gasteiger partial charge in [0.1, 0.15) is 5.54 Å². The van der Waals surface area contributed by atoms with Gasteiger partial charge in [-0.3, -0.25) is 10.1 Å². The van der Waals surface area contributed by atoms with E-state index >= 15 is 0 Å². The molecule has 1 aliphatic heterocycles. The van der Waals surface area contributed by atoms with Crippen molar-refractivity contribution in [2.24, 2.45) is 0 Å². The summed E-state index contributed by atoms with van der Waals surface area (Å²) in [5.74, 6) is -0.210. The van der Waals surface area contributed by atoms with E-state index in [1.165, 1.54) is 20.0 Å². The van der Waals surface area contributed by atoms with Gasteiger partial charge in [0.05, 0.1) is 7.11 Å². The Bertz CT molecular complexity index is 235. The molecule has 0 amide bonds. The highest BCUT2D eigenvalue weighted by molar-refractivity contribution is 5.79. The summed E-state index contributed by atoms with van der Waals surface area (Å²) >= 11 is 0. The Morgan fingerprint density at radius 3 is 2.81 bits per heavy atom. The van der Waals surface area contributed by atoms with Gasteiger partial charge in [-0.05, 0) is 46.6 Å². The Kier molecular flexibility index (Phi) is 4.74. The fourth-order valence-corrected chi connectivity index (χ4v) is 2.37. The summed E-state index contributed by atoms with van der Waals surface area (Å²) in [4.78, 5) is 11.5. The summed E-state index contributed by atoms with van der Waals surface area (Å²) in [5, 5.41) is 6.78. The van der Waals surface area contributed by atoms with Crippen molar-refractivity contribution in [2.45, 2.75) is 57.7 Å². The van der Waals surface area contributed by atoms with Gasteiger partial charge in [0.25, 0.3) is 0 Å². The molecular formula is C12H24N2O2. The van der Waals surface area contributed by atoms with Gasteiger partial charge in [0.2, 0.25) is 0 Å². The molecule has 1 saturated heterocycles. The normalized spacial score (nSPS) is 23.1. The molecule has 1 heterocycles. The smallest absolute Gasteiger partial charge is 0.325 e. The first-order valence-electron chi connectivity index (χ1n) is 6.05. The number of carbonyl (C=O) groups excluding carboxylic acids is 1. The quantitative estimate of drug-likeness (QED) is 0.691. The molecule has 0 aromatic heterocycles. The van der Waals surface area contributed by atoms with Crippen LogP contribution in [0.3, 0.4) is 0 Å². The maximum atomic E-state index is 11.5. The summed E-state index contributed by atoms with van der Waals surface area (Å²) in [6.07, 6.45) is 3.56. The lowest BCUT2D eigenvalue weighted by Gasteiger charge is -2.28. The zero-order valence-electron chi connectivity index (χ0n) is 10.8. The molecule has 4 nitrogen and oxygen atoms in total. The molecule has 2 unspecified atom stereocenters. The van der Waals surface area contributed by atoms with Crippen molar-refractivity contribution in [1.29, 1.82) is 0 Å². The van der Waals surface area contributed by atoms with Crippen LogP contribution in [-0.2, 0) is 9.53 Å². The minimum Gasteiger partial charge on any atom is -0.468 e. The second kappa shape index (κ2) is 5.64. The van der Waals surface area contributed by atoms with Crippen molar-refractivity contribution < 1.29 is 9.53 Å². The van der Waals surface area contributed by atoms with Crippen molar-refractivity contribution >= 4 is 5.97 Å². The van der Waals surface area contributed by atoms with Gasteiger partial charge < -0.3 is 10.1 Å². The van der Waals surface area contributed by atoms with E-state index in [4.69, 9.17) is 4.74 Å². The van der Waals surface area contributed by atoms with Crippen LogP contribution in [0.15, 0.2) is 0 Å². The van der Waals surface area contributed by atoms with E-state index in [1.807, 2.05) is 13.8 Å². The van der Waals surface area contributed by atoms with Crippen LogP contribution in [0.5, 0.6) is 0 Å². The first-order valence-corrected chi connectivity index (χ1v) is 6.05. The molecule has 0 spiro atoms. The lowest BCUT2D eigenvalue weighted by molar-refractivity contribution is -0.147. The molecule has 1 fully saturated rings. The summed E-state index contributed by atoms with van der Waals surface area (Å²) < 4.78 is 4.77. The largest absolute Gasteiger partial charge is 0.468 e. The molecule has 0 aromatic rings. The summed E-state index contributed by atoms with van der Waals surface area (Å²) in [6, 6.07) is 0.903. The molecule has 0 saturated carbocycles. The molecule has 1 aliphatic rings. The van der Waals surface area contributed by atoms with Gasteiger partial charge in [0, 0.05) is 12.1 Å². The minimum absolute atomic E-state index is 0.210. The van der Waals surface area contributed by atoms with Crippen LogP contribution < -0.4 is 10.6 Å². The van der Waals surface area contributed by atoms with Gasteiger partial charge in [-0.2, -0.15) is 0 Å². The van der Waals surface area contributed by atoms with Crippen LogP contribution in [0, 0.1) is 0 Å². The number of ether oxygens (including phenoxy) is 1. The predicted molar refractivity (Wildman–Crippen MR) is 64.3 cm³/mol. The lowest BCUT2D eigenvalue weighted by atomic mass is 10.0. The molecule has 0 bridgehead atoms. The van der Waals surface area contributed by atoms with E-state index in [1.54, 1.807) is 0 Å². The van der Waals surface area contributed by atoms with Crippen molar-refractivity contribution in [3.63, 3.8) is 0 Å². The third-order valence-electron chi connectivity index (χ3n) is 3.10. The second-order valence-corrected chi connectivity index (χ2v) is 5.19. The highest BCUT2D eigenvalue weighted by Crippen LogP contribution is 2.13. The number of methoxy groups -OCH3 is 1. The van der Waals surface area contributed by atoms with Crippen molar-refractivity contribution in [3.05, 3.63) is 0 Å². The Balaban J connectivity index is 2.37. The SMILES string of the molecule is COC(=O)C(C)(C)NC(C)CC1CCCN1. The number of esters is 1. The highest BCUT2D eigenvalue weighted by Gasteiger charge is 2.30. The molecule has 1 rings (SSSR count). The highest BCUT2D eigenvalue weighted by atomic mass is 16.5. The van der Waals surface area contributed by atoms with E-state index in [-0.39, 0.29) is 5.97 Å². The molecule has 2 N–H and O–H groups in total. The minimum atomic E-state index is -0.604. The molecule has 0 radical (unpaired) electrons. The van der Waals surface area contributed by atoms with Crippen LogP contribution in [0.4, 0.5) is 0 Å². The molecule has 0 aromatic carbocycles. The molecule has 94 valence electrons. The summed E-state index contributed by atoms with van der Waals surface area (Å²) in [5.41, 5.74) is -0.604. The van der Waals surface area contributed by atoms with Crippen LogP contribution in [0.2, 0.25) is 0 Å². The van der Waals surface area contributed by atoms with E-state index in [0.29, 0.717) is 12.1 Å². The third-order valence-corrected chi connectivity index (χ3v) is 3.10. The number of hydrogen-bond acceptors (Lipinski definition) is 4. The van der Waals surface area contributed by atoms with Crippen LogP contribution in [-0.4, -0.2) is 37.2 Å². The first kappa shape index (κ1) is 13.5. The fourth-order valence-electron chi connectivity index (χ4n) is 2.37. The molecule has 0 aliphatic carbocycles.